The van der Waals surface area contributed by atoms with E-state index in [0.717, 1.165) is 5.56 Å². The highest BCUT2D eigenvalue weighted by Gasteiger charge is 2.77. The van der Waals surface area contributed by atoms with Crippen LogP contribution < -0.4 is 5.32 Å². The van der Waals surface area contributed by atoms with Gasteiger partial charge in [-0.1, -0.05) is 51.1 Å². The molecule has 0 radical (unpaired) electrons. The van der Waals surface area contributed by atoms with Crippen molar-refractivity contribution in [2.45, 2.75) is 103 Å². The number of benzene rings is 1. The van der Waals surface area contributed by atoms with Crippen LogP contribution in [0, 0.1) is 11.8 Å². The third-order valence-electron chi connectivity index (χ3n) is 7.84. The summed E-state index contributed by atoms with van der Waals surface area (Å²) >= 11 is 0. The molecule has 2 bridgehead atoms. The highest BCUT2D eigenvalue weighted by atomic mass is 16.6. The van der Waals surface area contributed by atoms with Crippen molar-refractivity contribution in [1.82, 2.24) is 15.1 Å². The molecule has 3 amide bonds. The zero-order valence-electron chi connectivity index (χ0n) is 24.9. The molecule has 39 heavy (non-hydrogen) atoms. The van der Waals surface area contributed by atoms with Gasteiger partial charge >= 0.3 is 12.1 Å². The second kappa shape index (κ2) is 11.2. The highest BCUT2D eigenvalue weighted by molar-refractivity contribution is 6.00. The summed E-state index contributed by atoms with van der Waals surface area (Å²) in [5.74, 6) is -1.40. The van der Waals surface area contributed by atoms with E-state index >= 15 is 0 Å². The molecule has 2 saturated heterocycles. The van der Waals surface area contributed by atoms with Crippen molar-refractivity contribution in [3.63, 3.8) is 0 Å². The molecule has 0 unspecified atom stereocenters. The Morgan fingerprint density at radius 1 is 1.08 bits per heavy atom. The number of hydrogen-bond donors (Lipinski definition) is 1. The largest absolute Gasteiger partial charge is 0.469 e. The summed E-state index contributed by atoms with van der Waals surface area (Å²) in [4.78, 5) is 55.8. The van der Waals surface area contributed by atoms with Crippen LogP contribution >= 0.6 is 0 Å². The first kappa shape index (κ1) is 30.4. The molecule has 3 atom stereocenters. The Kier molecular flexibility index (Phi) is 8.73. The molecule has 0 spiro atoms. The van der Waals surface area contributed by atoms with Gasteiger partial charge in [-0.15, -0.1) is 0 Å². The van der Waals surface area contributed by atoms with E-state index in [9.17, 15) is 19.2 Å². The second-order valence-corrected chi connectivity index (χ2v) is 12.9. The van der Waals surface area contributed by atoms with E-state index in [1.807, 2.05) is 51.1 Å². The van der Waals surface area contributed by atoms with Crippen molar-refractivity contribution in [2.24, 2.45) is 11.8 Å². The first-order valence-electron chi connectivity index (χ1n) is 13.8. The molecule has 1 aliphatic carbocycles. The van der Waals surface area contributed by atoms with Crippen LogP contribution in [-0.2, 0) is 30.3 Å². The molecular weight excluding hydrogens is 498 g/mol. The minimum absolute atomic E-state index is 0.189. The maximum absolute atomic E-state index is 14.0. The fraction of sp³-hybridized carbons (Fsp3) is 0.667. The van der Waals surface area contributed by atoms with Crippen molar-refractivity contribution in [3.8, 4) is 0 Å². The van der Waals surface area contributed by atoms with E-state index in [2.05, 4.69) is 5.32 Å². The Bertz CT molecular complexity index is 1070. The Labute approximate surface area is 232 Å². The van der Waals surface area contributed by atoms with Gasteiger partial charge in [-0.05, 0) is 52.0 Å². The molecule has 9 nitrogen and oxygen atoms in total. The van der Waals surface area contributed by atoms with Crippen molar-refractivity contribution >= 4 is 23.9 Å². The van der Waals surface area contributed by atoms with Gasteiger partial charge in [0.1, 0.15) is 17.2 Å². The smallest absolute Gasteiger partial charge is 0.410 e. The van der Waals surface area contributed by atoms with Crippen LogP contribution in [0.15, 0.2) is 30.3 Å². The molecule has 0 aromatic heterocycles. The van der Waals surface area contributed by atoms with E-state index in [1.54, 1.807) is 39.6 Å². The van der Waals surface area contributed by atoms with Crippen molar-refractivity contribution in [3.05, 3.63) is 35.9 Å². The Morgan fingerprint density at radius 3 is 2.15 bits per heavy atom. The van der Waals surface area contributed by atoms with E-state index < -0.39 is 34.7 Å². The van der Waals surface area contributed by atoms with Gasteiger partial charge in [-0.3, -0.25) is 19.3 Å². The number of nitrogens with one attached hydrogen (secondary N) is 1. The summed E-state index contributed by atoms with van der Waals surface area (Å²) in [7, 11) is 2.93. The van der Waals surface area contributed by atoms with E-state index in [-0.39, 0.29) is 29.7 Å². The molecule has 3 aliphatic rings. The van der Waals surface area contributed by atoms with Gasteiger partial charge in [-0.25, -0.2) is 4.79 Å². The lowest BCUT2D eigenvalue weighted by Gasteiger charge is -2.76. The number of amides is 3. The molecule has 2 heterocycles. The van der Waals surface area contributed by atoms with Crippen LogP contribution in [0.1, 0.15) is 73.3 Å². The number of hydrogen-bond acceptors (Lipinski definition) is 6. The van der Waals surface area contributed by atoms with Gasteiger partial charge < -0.3 is 19.7 Å². The number of nitrogens with zero attached hydrogens (tertiary/aromatic N) is 2. The topological polar surface area (TPSA) is 105 Å². The summed E-state index contributed by atoms with van der Waals surface area (Å²) < 4.78 is 10.4. The number of carbonyl (C=O) groups excluding carboxylic acids is 4. The third-order valence-corrected chi connectivity index (χ3v) is 7.84. The quantitative estimate of drug-likeness (QED) is 0.448. The zero-order valence-corrected chi connectivity index (χ0v) is 24.9. The van der Waals surface area contributed by atoms with Gasteiger partial charge in [0, 0.05) is 31.5 Å². The van der Waals surface area contributed by atoms with Crippen molar-refractivity contribution < 1.29 is 28.7 Å². The molecule has 2 aliphatic heterocycles. The number of ether oxygens (including phenoxy) is 2. The standard InChI is InChI=1S/C30H45N3O6/c1-19(2)23(32(8)27(37)39-28(4,5)6)24(34)33-29(7)17-30(33,18-29)26(36)31-22(15-20(3)25(35)38-9)16-21-13-11-10-12-14-21/h10-14,19-20,22-23H,15-18H2,1-9H3,(H,31,36)/t20-,22+,23-,29?,30?/m0/s1. The molecular formula is C30H45N3O6. The molecule has 1 N–H and O–H groups in total. The number of methoxy groups -OCH3 is 1. The molecule has 1 aromatic carbocycles. The van der Waals surface area contributed by atoms with E-state index in [0.29, 0.717) is 25.7 Å². The predicted octanol–water partition coefficient (Wildman–Crippen LogP) is 3.94. The monoisotopic (exact) mass is 543 g/mol. The van der Waals surface area contributed by atoms with E-state index in [1.165, 1.54) is 12.0 Å². The summed E-state index contributed by atoms with van der Waals surface area (Å²) in [6.45, 7) is 12.9. The Balaban J connectivity index is 1.80. The minimum Gasteiger partial charge on any atom is -0.469 e. The summed E-state index contributed by atoms with van der Waals surface area (Å²) in [6, 6.07) is 8.68. The maximum Gasteiger partial charge on any atom is 0.410 e. The molecule has 4 rings (SSSR count). The van der Waals surface area contributed by atoms with Gasteiger partial charge in [0.2, 0.25) is 11.8 Å². The van der Waals surface area contributed by atoms with Gasteiger partial charge in [0.15, 0.2) is 0 Å². The first-order chi connectivity index (χ1) is 18.0. The number of carbonyl (C=O) groups is 4. The molecule has 216 valence electrons. The van der Waals surface area contributed by atoms with Crippen molar-refractivity contribution in [1.29, 1.82) is 0 Å². The van der Waals surface area contributed by atoms with Crippen LogP contribution in [0.25, 0.3) is 0 Å². The molecule has 1 aromatic rings. The van der Waals surface area contributed by atoms with Crippen LogP contribution in [0.2, 0.25) is 0 Å². The summed E-state index contributed by atoms with van der Waals surface area (Å²) in [6.07, 6.45) is 1.49. The lowest BCUT2D eigenvalue weighted by Crippen LogP contribution is -2.92. The average molecular weight is 544 g/mol. The molecule has 3 fully saturated rings. The number of likely N-dealkylation sites (N-methyl/N-ethyl adjacent to an activating group) is 1. The number of rotatable bonds is 10. The summed E-state index contributed by atoms with van der Waals surface area (Å²) in [5.41, 5.74) is -1.05. The lowest BCUT2D eigenvalue weighted by atomic mass is 9.49. The fourth-order valence-corrected chi connectivity index (χ4v) is 6.21. The van der Waals surface area contributed by atoms with E-state index in [4.69, 9.17) is 9.47 Å². The van der Waals surface area contributed by atoms with Crippen LogP contribution in [-0.4, -0.2) is 76.6 Å². The second-order valence-electron chi connectivity index (χ2n) is 12.9. The predicted molar refractivity (Wildman–Crippen MR) is 148 cm³/mol. The normalized spacial score (nSPS) is 24.0. The van der Waals surface area contributed by atoms with Crippen molar-refractivity contribution in [2.75, 3.05) is 14.2 Å². The average Bonchev–Trinajstić information content (AvgIpc) is 2.80. The highest BCUT2D eigenvalue weighted by Crippen LogP contribution is 2.63. The maximum atomic E-state index is 14.0. The molecule has 9 heteroatoms. The fourth-order valence-electron chi connectivity index (χ4n) is 6.21. The molecule has 1 saturated carbocycles. The SMILES string of the molecule is COC(=O)[C@@H](C)C[C@H](Cc1ccccc1)NC(=O)C12CC(C)(C1)N2C(=O)[C@H](C(C)C)N(C)C(=O)OC(C)(C)C. The van der Waals surface area contributed by atoms with Gasteiger partial charge in [-0.2, -0.15) is 0 Å². The van der Waals surface area contributed by atoms with Crippen LogP contribution in [0.3, 0.4) is 0 Å². The summed E-state index contributed by atoms with van der Waals surface area (Å²) in [5, 5.41) is 3.16. The lowest BCUT2D eigenvalue weighted by molar-refractivity contribution is -0.249. The number of esters is 1. The Morgan fingerprint density at radius 2 is 1.67 bits per heavy atom. The zero-order chi connectivity index (χ0) is 29.3. The minimum atomic E-state index is -0.961. The van der Waals surface area contributed by atoms with Crippen LogP contribution in [0.4, 0.5) is 4.79 Å². The van der Waals surface area contributed by atoms with Gasteiger partial charge in [0.05, 0.1) is 13.0 Å². The van der Waals surface area contributed by atoms with Gasteiger partial charge in [0.25, 0.3) is 0 Å². The Hall–Kier alpha value is -3.10. The van der Waals surface area contributed by atoms with Crippen LogP contribution in [0.5, 0.6) is 0 Å². The third kappa shape index (κ3) is 6.23. The first-order valence-corrected chi connectivity index (χ1v) is 13.8.